The van der Waals surface area contributed by atoms with E-state index < -0.39 is 41.0 Å². The maximum Gasteiger partial charge on any atom is 0.434 e. The van der Waals surface area contributed by atoms with Crippen molar-refractivity contribution >= 4 is 41.0 Å². The second-order valence-corrected chi connectivity index (χ2v) is 9.23. The van der Waals surface area contributed by atoms with Crippen LogP contribution >= 0.6 is 22.9 Å². The minimum Gasteiger partial charge on any atom is -0.463 e. The molecule has 1 aromatic heterocycles. The SMILES string of the molecule is CCOC(=O)C1=C(C(F)(F)F)N=c2s/c(=C\c3cccc(OC(C)=O)c3)c(=O)n2[C@@H]1c1ccc(Cl)cc1. The van der Waals surface area contributed by atoms with Gasteiger partial charge in [-0.15, -0.1) is 0 Å². The first-order chi connectivity index (χ1) is 17.5. The van der Waals surface area contributed by atoms with E-state index >= 15 is 0 Å². The molecule has 12 heteroatoms. The summed E-state index contributed by atoms with van der Waals surface area (Å²) >= 11 is 6.70. The number of rotatable bonds is 5. The Balaban J connectivity index is 1.99. The number of hydrogen-bond donors (Lipinski definition) is 0. The second-order valence-electron chi connectivity index (χ2n) is 7.78. The Hall–Kier alpha value is -3.70. The lowest BCUT2D eigenvalue weighted by Crippen LogP contribution is -2.41. The van der Waals surface area contributed by atoms with Gasteiger partial charge in [0.05, 0.1) is 22.8 Å². The molecule has 37 heavy (non-hydrogen) atoms. The molecule has 0 bridgehead atoms. The Labute approximate surface area is 216 Å². The maximum absolute atomic E-state index is 14.1. The first kappa shape index (κ1) is 26.4. The van der Waals surface area contributed by atoms with Crippen molar-refractivity contribution in [3.8, 4) is 5.75 Å². The predicted molar refractivity (Wildman–Crippen MR) is 130 cm³/mol. The third kappa shape index (κ3) is 5.52. The molecule has 1 aliphatic rings. The van der Waals surface area contributed by atoms with Gasteiger partial charge in [0.25, 0.3) is 5.56 Å². The summed E-state index contributed by atoms with van der Waals surface area (Å²) in [5, 5.41) is 0.321. The molecule has 1 atom stereocenters. The highest BCUT2D eigenvalue weighted by atomic mass is 35.5. The molecule has 7 nitrogen and oxygen atoms in total. The van der Waals surface area contributed by atoms with Crippen LogP contribution in [0.5, 0.6) is 5.75 Å². The van der Waals surface area contributed by atoms with Gasteiger partial charge in [0.1, 0.15) is 5.75 Å². The number of benzene rings is 2. The van der Waals surface area contributed by atoms with Gasteiger partial charge in [-0.3, -0.25) is 14.2 Å². The molecule has 2 aromatic carbocycles. The molecule has 4 rings (SSSR count). The van der Waals surface area contributed by atoms with Gasteiger partial charge in [-0.05, 0) is 48.4 Å². The van der Waals surface area contributed by atoms with Crippen molar-refractivity contribution in [1.82, 2.24) is 4.57 Å². The summed E-state index contributed by atoms with van der Waals surface area (Å²) in [5.41, 5.74) is -2.21. The summed E-state index contributed by atoms with van der Waals surface area (Å²) in [5.74, 6) is -1.54. The van der Waals surface area contributed by atoms with Gasteiger partial charge in [-0.25, -0.2) is 9.79 Å². The van der Waals surface area contributed by atoms with Crippen molar-refractivity contribution in [1.29, 1.82) is 0 Å². The van der Waals surface area contributed by atoms with Gasteiger partial charge >= 0.3 is 18.1 Å². The molecular weight excluding hydrogens is 533 g/mol. The lowest BCUT2D eigenvalue weighted by atomic mass is 9.95. The molecule has 0 fully saturated rings. The first-order valence-electron chi connectivity index (χ1n) is 10.8. The quantitative estimate of drug-likeness (QED) is 0.355. The Kier molecular flexibility index (Phi) is 7.37. The van der Waals surface area contributed by atoms with Crippen LogP contribution in [0.2, 0.25) is 5.02 Å². The second kappa shape index (κ2) is 10.3. The van der Waals surface area contributed by atoms with Crippen molar-refractivity contribution in [2.45, 2.75) is 26.1 Å². The molecule has 2 heterocycles. The largest absolute Gasteiger partial charge is 0.463 e. The number of ether oxygens (including phenoxy) is 2. The third-order valence-corrected chi connectivity index (χ3v) is 6.43. The van der Waals surface area contributed by atoms with Gasteiger partial charge in [0.15, 0.2) is 10.5 Å². The fraction of sp³-hybridized carbons (Fsp3) is 0.200. The summed E-state index contributed by atoms with van der Waals surface area (Å²) in [6, 6.07) is 10.6. The number of hydrogen-bond acceptors (Lipinski definition) is 7. The highest BCUT2D eigenvalue weighted by Crippen LogP contribution is 2.38. The van der Waals surface area contributed by atoms with Crippen LogP contribution in [0, 0.1) is 0 Å². The fourth-order valence-corrected chi connectivity index (χ4v) is 4.91. The molecule has 0 N–H and O–H groups in total. The zero-order valence-corrected chi connectivity index (χ0v) is 20.9. The zero-order chi connectivity index (χ0) is 26.9. The van der Waals surface area contributed by atoms with Crippen molar-refractivity contribution in [2.24, 2.45) is 4.99 Å². The average molecular weight is 551 g/mol. The standard InChI is InChI=1S/C25H18ClF3N2O5S/c1-3-35-23(34)19-20(15-7-9-16(26)10-8-15)31-22(33)18(37-24(31)30-21(19)25(27,28)29)12-14-5-4-6-17(11-14)36-13(2)32/h4-12,20H,3H2,1-2H3/b18-12-/t20-/m1/s1. The van der Waals surface area contributed by atoms with Crippen LogP contribution in [0.3, 0.4) is 0 Å². The lowest BCUT2D eigenvalue weighted by molar-refractivity contribution is -0.140. The number of allylic oxidation sites excluding steroid dienone is 1. The number of nitrogens with zero attached hydrogens (tertiary/aromatic N) is 2. The third-order valence-electron chi connectivity index (χ3n) is 5.20. The smallest absolute Gasteiger partial charge is 0.434 e. The van der Waals surface area contributed by atoms with E-state index in [4.69, 9.17) is 21.1 Å². The summed E-state index contributed by atoms with van der Waals surface area (Å²) in [6.07, 6.45) is -3.56. The normalized spacial score (nSPS) is 15.7. The van der Waals surface area contributed by atoms with Crippen molar-refractivity contribution in [3.63, 3.8) is 0 Å². The molecule has 0 spiro atoms. The highest BCUT2D eigenvalue weighted by molar-refractivity contribution is 7.07. The number of thiazole rings is 1. The summed E-state index contributed by atoms with van der Waals surface area (Å²) < 4.78 is 53.5. The van der Waals surface area contributed by atoms with E-state index in [1.807, 2.05) is 0 Å². The molecule has 3 aromatic rings. The number of esters is 2. The number of carbonyl (C=O) groups is 2. The van der Waals surface area contributed by atoms with Crippen molar-refractivity contribution < 1.29 is 32.2 Å². The number of aromatic nitrogens is 1. The molecule has 0 saturated carbocycles. The fourth-order valence-electron chi connectivity index (χ4n) is 3.79. The van der Waals surface area contributed by atoms with Crippen LogP contribution in [0.25, 0.3) is 6.08 Å². The van der Waals surface area contributed by atoms with Gasteiger partial charge in [0.2, 0.25) is 0 Å². The van der Waals surface area contributed by atoms with Crippen LogP contribution in [0.15, 0.2) is 69.6 Å². The van der Waals surface area contributed by atoms with Gasteiger partial charge in [0, 0.05) is 11.9 Å². The van der Waals surface area contributed by atoms with Crippen LogP contribution < -0.4 is 19.6 Å². The monoisotopic (exact) mass is 550 g/mol. The van der Waals surface area contributed by atoms with Gasteiger partial charge < -0.3 is 9.47 Å². The lowest BCUT2D eigenvalue weighted by Gasteiger charge is -2.26. The number of carbonyl (C=O) groups excluding carboxylic acids is 2. The molecule has 0 aliphatic carbocycles. The van der Waals surface area contributed by atoms with E-state index in [9.17, 15) is 27.6 Å². The Morgan fingerprint density at radius 3 is 2.51 bits per heavy atom. The van der Waals surface area contributed by atoms with Crippen LogP contribution in [-0.4, -0.2) is 29.3 Å². The van der Waals surface area contributed by atoms with Crippen LogP contribution in [0.1, 0.15) is 31.0 Å². The van der Waals surface area contributed by atoms with E-state index in [1.54, 1.807) is 18.2 Å². The van der Waals surface area contributed by atoms with E-state index in [2.05, 4.69) is 4.99 Å². The number of alkyl halides is 3. The first-order valence-corrected chi connectivity index (χ1v) is 12.0. The number of fused-ring (bicyclic) bond motifs is 1. The zero-order valence-electron chi connectivity index (χ0n) is 19.3. The highest BCUT2D eigenvalue weighted by Gasteiger charge is 2.45. The number of halogens is 4. The molecule has 0 amide bonds. The summed E-state index contributed by atoms with van der Waals surface area (Å²) in [7, 11) is 0. The van der Waals surface area contributed by atoms with Crippen molar-refractivity contribution in [2.75, 3.05) is 6.61 Å². The van der Waals surface area contributed by atoms with E-state index in [0.29, 0.717) is 10.6 Å². The van der Waals surface area contributed by atoms with E-state index in [1.165, 1.54) is 50.3 Å². The Bertz CT molecular complexity index is 1590. The predicted octanol–water partition coefficient (Wildman–Crippen LogP) is 3.92. The van der Waals surface area contributed by atoms with E-state index in [-0.39, 0.29) is 27.3 Å². The summed E-state index contributed by atoms with van der Waals surface area (Å²) in [6.45, 7) is 2.52. The van der Waals surface area contributed by atoms with Crippen LogP contribution in [0.4, 0.5) is 13.2 Å². The molecular formula is C25H18ClF3N2O5S. The molecule has 192 valence electrons. The maximum atomic E-state index is 14.1. The molecule has 1 aliphatic heterocycles. The molecule has 0 radical (unpaired) electrons. The molecule has 0 unspecified atom stereocenters. The topological polar surface area (TPSA) is 87.0 Å². The summed E-state index contributed by atoms with van der Waals surface area (Å²) in [4.78, 5) is 41.1. The van der Waals surface area contributed by atoms with Crippen LogP contribution in [-0.2, 0) is 14.3 Å². The average Bonchev–Trinajstić information content (AvgIpc) is 3.13. The van der Waals surface area contributed by atoms with Gasteiger partial charge in [-0.2, -0.15) is 13.2 Å². The Morgan fingerprint density at radius 1 is 1.19 bits per heavy atom. The van der Waals surface area contributed by atoms with Crippen molar-refractivity contribution in [3.05, 3.63) is 95.6 Å². The molecule has 0 saturated heterocycles. The minimum absolute atomic E-state index is 0.0596. The minimum atomic E-state index is -5.00. The van der Waals surface area contributed by atoms with Gasteiger partial charge in [-0.1, -0.05) is 47.2 Å². The Morgan fingerprint density at radius 2 is 1.89 bits per heavy atom. The van der Waals surface area contributed by atoms with E-state index in [0.717, 1.165) is 15.9 Å².